The molecule has 1 aliphatic rings. The van der Waals surface area contributed by atoms with Gasteiger partial charge in [-0.1, -0.05) is 107 Å². The van der Waals surface area contributed by atoms with E-state index in [0.29, 0.717) is 19.1 Å². The molecule has 7 heteroatoms. The molecular weight excluding hydrogens is 548 g/mol. The first-order valence-electron chi connectivity index (χ1n) is 16.5. The number of hydrogen-bond donors (Lipinski definition) is 4. The molecule has 248 valence electrons. The second-order valence-corrected chi connectivity index (χ2v) is 11.0. The number of nitrogens with two attached hydrogens (primary N) is 1. The standard InChI is InChI=1S/C25H39N3O3.C8H10.C3H8.CH5N/c1-4-16-31-23-12-8-7-10-20(23)11-9-15-26-25(30)22(17-19-13-14-19)28-24(29)18-27-21(5-2)6-3;1-7-4-3-5-8(2)6-7;1-3-2;1-2/h5,7-8,10,12,19,22,27H,4,6,9,11,13-18H2,1-3H3,(H,26,30)(H,28,29);3-6H,1-2H3;3H2,1-2H3;2H2,1H3. The van der Waals surface area contributed by atoms with Gasteiger partial charge in [0.25, 0.3) is 0 Å². The molecule has 0 radical (unpaired) electrons. The molecule has 1 aliphatic carbocycles. The Kier molecular flexibility index (Phi) is 24.1. The summed E-state index contributed by atoms with van der Waals surface area (Å²) in [4.78, 5) is 25.1. The first-order chi connectivity index (χ1) is 21.3. The second-order valence-electron chi connectivity index (χ2n) is 11.0. The van der Waals surface area contributed by atoms with Crippen LogP contribution in [0.4, 0.5) is 0 Å². The molecule has 0 spiro atoms. The summed E-state index contributed by atoms with van der Waals surface area (Å²) >= 11 is 0. The molecule has 1 atom stereocenters. The van der Waals surface area contributed by atoms with Gasteiger partial charge in [0.2, 0.25) is 11.8 Å². The largest absolute Gasteiger partial charge is 0.493 e. The summed E-state index contributed by atoms with van der Waals surface area (Å²) in [5.74, 6) is 1.25. The van der Waals surface area contributed by atoms with E-state index in [9.17, 15) is 9.59 Å². The molecule has 2 aromatic carbocycles. The van der Waals surface area contributed by atoms with Crippen molar-refractivity contribution in [3.63, 3.8) is 0 Å². The van der Waals surface area contributed by atoms with Gasteiger partial charge in [-0.05, 0) is 77.5 Å². The van der Waals surface area contributed by atoms with Crippen LogP contribution in [0.15, 0.2) is 60.3 Å². The van der Waals surface area contributed by atoms with Gasteiger partial charge in [0.15, 0.2) is 0 Å². The van der Waals surface area contributed by atoms with E-state index < -0.39 is 6.04 Å². The number of rotatable bonds is 15. The van der Waals surface area contributed by atoms with Crippen LogP contribution in [-0.4, -0.2) is 44.6 Å². The van der Waals surface area contributed by atoms with E-state index in [2.05, 4.69) is 86.6 Å². The zero-order valence-corrected chi connectivity index (χ0v) is 28.9. The molecule has 44 heavy (non-hydrogen) atoms. The minimum atomic E-state index is -0.461. The van der Waals surface area contributed by atoms with E-state index >= 15 is 0 Å². The zero-order chi connectivity index (χ0) is 33.2. The van der Waals surface area contributed by atoms with Gasteiger partial charge in [-0.2, -0.15) is 0 Å². The van der Waals surface area contributed by atoms with E-state index in [1.54, 1.807) is 0 Å². The summed E-state index contributed by atoms with van der Waals surface area (Å²) in [5.41, 5.74) is 9.37. The van der Waals surface area contributed by atoms with Crippen molar-refractivity contribution in [2.24, 2.45) is 11.7 Å². The number of amides is 2. The Morgan fingerprint density at radius 2 is 1.61 bits per heavy atom. The molecule has 5 N–H and O–H groups in total. The normalized spacial score (nSPS) is 12.5. The molecule has 0 heterocycles. The maximum atomic E-state index is 12.7. The van der Waals surface area contributed by atoms with Gasteiger partial charge < -0.3 is 26.4 Å². The van der Waals surface area contributed by atoms with Gasteiger partial charge in [0.1, 0.15) is 11.8 Å². The Bertz CT molecular complexity index is 1050. The monoisotopic (exact) mass is 610 g/mol. The van der Waals surface area contributed by atoms with E-state index in [-0.39, 0.29) is 18.4 Å². The number of nitrogens with one attached hydrogen (secondary N) is 3. The predicted molar refractivity (Wildman–Crippen MR) is 187 cm³/mol. The summed E-state index contributed by atoms with van der Waals surface area (Å²) in [6.45, 7) is 16.0. The lowest BCUT2D eigenvalue weighted by Crippen LogP contribution is -2.49. The van der Waals surface area contributed by atoms with Crippen molar-refractivity contribution < 1.29 is 14.3 Å². The zero-order valence-electron chi connectivity index (χ0n) is 28.9. The second kappa shape index (κ2) is 26.1. The van der Waals surface area contributed by atoms with Crippen molar-refractivity contribution in [2.75, 3.05) is 26.7 Å². The lowest BCUT2D eigenvalue weighted by Gasteiger charge is -2.19. The van der Waals surface area contributed by atoms with Gasteiger partial charge in [-0.15, -0.1) is 0 Å². The lowest BCUT2D eigenvalue weighted by atomic mass is 10.1. The number of carbonyl (C=O) groups is 2. The van der Waals surface area contributed by atoms with Crippen LogP contribution in [0.1, 0.15) is 96.3 Å². The third-order valence-electron chi connectivity index (χ3n) is 6.65. The summed E-state index contributed by atoms with van der Waals surface area (Å²) in [7, 11) is 1.50. The summed E-state index contributed by atoms with van der Waals surface area (Å²) < 4.78 is 5.81. The van der Waals surface area contributed by atoms with Crippen LogP contribution in [0.2, 0.25) is 0 Å². The quantitative estimate of drug-likeness (QED) is 0.162. The average molecular weight is 611 g/mol. The molecule has 7 nitrogen and oxygen atoms in total. The molecule has 3 rings (SSSR count). The third-order valence-corrected chi connectivity index (χ3v) is 6.65. The SMILES string of the molecule is CC=C(CC)NCC(=O)NC(CC1CC1)C(=O)NCCCc1ccccc1OCCC.CCC.CN.Cc1cccc(C)c1. The van der Waals surface area contributed by atoms with Crippen LogP contribution in [-0.2, 0) is 16.0 Å². The fraction of sp³-hybridized carbons (Fsp3) is 0.568. The number of hydrogen-bond acceptors (Lipinski definition) is 5. The van der Waals surface area contributed by atoms with Gasteiger partial charge in [-0.25, -0.2) is 0 Å². The van der Waals surface area contributed by atoms with Crippen molar-refractivity contribution in [3.05, 3.63) is 77.0 Å². The highest BCUT2D eigenvalue weighted by Gasteiger charge is 2.30. The Hall–Kier alpha value is -3.32. The lowest BCUT2D eigenvalue weighted by molar-refractivity contribution is -0.128. The van der Waals surface area contributed by atoms with Crippen LogP contribution < -0.4 is 26.4 Å². The number of benzene rings is 2. The van der Waals surface area contributed by atoms with E-state index in [4.69, 9.17) is 4.74 Å². The molecular formula is C37H62N4O3. The van der Waals surface area contributed by atoms with Gasteiger partial charge in [-0.3, -0.25) is 9.59 Å². The molecule has 0 saturated heterocycles. The molecule has 0 bridgehead atoms. The first kappa shape index (κ1) is 40.7. The van der Waals surface area contributed by atoms with Crippen molar-refractivity contribution in [1.29, 1.82) is 0 Å². The predicted octanol–water partition coefficient (Wildman–Crippen LogP) is 7.01. The van der Waals surface area contributed by atoms with Crippen LogP contribution in [0, 0.1) is 19.8 Å². The highest BCUT2D eigenvalue weighted by Crippen LogP contribution is 2.33. The Balaban J connectivity index is 0.00000119. The van der Waals surface area contributed by atoms with Gasteiger partial charge in [0, 0.05) is 12.2 Å². The topological polar surface area (TPSA) is 105 Å². The van der Waals surface area contributed by atoms with Gasteiger partial charge >= 0.3 is 0 Å². The van der Waals surface area contributed by atoms with E-state index in [1.807, 2.05) is 38.1 Å². The Morgan fingerprint density at radius 3 is 2.14 bits per heavy atom. The average Bonchev–Trinajstić information content (AvgIpc) is 3.84. The van der Waals surface area contributed by atoms with Crippen molar-refractivity contribution in [2.45, 2.75) is 106 Å². The molecule has 2 aromatic rings. The van der Waals surface area contributed by atoms with Crippen molar-refractivity contribution in [1.82, 2.24) is 16.0 Å². The number of carbonyl (C=O) groups excluding carboxylic acids is 2. The summed E-state index contributed by atoms with van der Waals surface area (Å²) in [6.07, 6.45) is 9.71. The summed E-state index contributed by atoms with van der Waals surface area (Å²) in [6, 6.07) is 16.1. The third kappa shape index (κ3) is 19.8. The maximum absolute atomic E-state index is 12.7. The molecule has 2 amide bonds. The first-order valence-corrected chi connectivity index (χ1v) is 16.5. The summed E-state index contributed by atoms with van der Waals surface area (Å²) in [5, 5.41) is 9.06. The minimum absolute atomic E-state index is 0.0856. The van der Waals surface area contributed by atoms with Crippen molar-refractivity contribution in [3.8, 4) is 5.75 Å². The number of para-hydroxylation sites is 1. The minimum Gasteiger partial charge on any atom is -0.493 e. The van der Waals surface area contributed by atoms with Crippen LogP contribution >= 0.6 is 0 Å². The van der Waals surface area contributed by atoms with Crippen LogP contribution in [0.5, 0.6) is 5.75 Å². The Morgan fingerprint density at radius 1 is 0.977 bits per heavy atom. The van der Waals surface area contributed by atoms with Crippen molar-refractivity contribution >= 4 is 11.8 Å². The molecule has 0 aromatic heterocycles. The molecule has 1 fully saturated rings. The maximum Gasteiger partial charge on any atom is 0.242 e. The fourth-order valence-corrected chi connectivity index (χ4v) is 4.27. The van der Waals surface area contributed by atoms with E-state index in [1.165, 1.54) is 24.6 Å². The van der Waals surface area contributed by atoms with Crippen LogP contribution in [0.3, 0.4) is 0 Å². The molecule has 1 saturated carbocycles. The Labute approximate surface area is 268 Å². The number of aryl methyl sites for hydroxylation is 3. The number of allylic oxidation sites excluding steroid dienone is 2. The van der Waals surface area contributed by atoms with Crippen LogP contribution in [0.25, 0.3) is 0 Å². The molecule has 1 unspecified atom stereocenters. The van der Waals surface area contributed by atoms with E-state index in [0.717, 1.165) is 62.0 Å². The fourth-order valence-electron chi connectivity index (χ4n) is 4.27. The highest BCUT2D eigenvalue weighted by molar-refractivity contribution is 5.88. The molecule has 0 aliphatic heterocycles. The smallest absolute Gasteiger partial charge is 0.242 e. The highest BCUT2D eigenvalue weighted by atomic mass is 16.5. The number of ether oxygens (including phenoxy) is 1. The van der Waals surface area contributed by atoms with Gasteiger partial charge in [0.05, 0.1) is 13.2 Å².